The maximum absolute atomic E-state index is 12.8. The van der Waals surface area contributed by atoms with E-state index < -0.39 is 12.2 Å². The first-order valence-corrected chi connectivity index (χ1v) is 24.5. The van der Waals surface area contributed by atoms with Crippen LogP contribution in [0.3, 0.4) is 0 Å². The van der Waals surface area contributed by atoms with Crippen molar-refractivity contribution in [3.8, 4) is 0 Å². The van der Waals surface area contributed by atoms with Crippen LogP contribution >= 0.6 is 0 Å². The van der Waals surface area contributed by atoms with Gasteiger partial charge in [0.25, 0.3) is 5.56 Å². The van der Waals surface area contributed by atoms with Crippen molar-refractivity contribution in [2.24, 2.45) is 21.7 Å². The summed E-state index contributed by atoms with van der Waals surface area (Å²) in [6.45, 7) is 17.6. The van der Waals surface area contributed by atoms with Gasteiger partial charge in [-0.2, -0.15) is 0 Å². The minimum atomic E-state index is -0.689. The Kier molecular flexibility index (Phi) is 20.9. The van der Waals surface area contributed by atoms with E-state index in [1.807, 2.05) is 0 Å². The zero-order valence-corrected chi connectivity index (χ0v) is 41.9. The molecule has 4 unspecified atom stereocenters. The second-order valence-corrected chi connectivity index (χ2v) is 21.6. The topological polar surface area (TPSA) is 249 Å². The van der Waals surface area contributed by atoms with E-state index in [-0.39, 0.29) is 81.9 Å². The lowest BCUT2D eigenvalue weighted by atomic mass is 9.61. The maximum atomic E-state index is 12.8. The van der Waals surface area contributed by atoms with Crippen molar-refractivity contribution in [1.29, 1.82) is 0 Å². The largest absolute Gasteiger partial charge is 0.508 e. The second-order valence-electron chi connectivity index (χ2n) is 21.6. The van der Waals surface area contributed by atoms with E-state index in [1.54, 1.807) is 13.8 Å². The molecule has 0 radical (unpaired) electrons. The number of carbonyl (C=O) groups is 5. The van der Waals surface area contributed by atoms with Crippen LogP contribution in [0.15, 0.2) is 27.8 Å². The maximum Gasteiger partial charge on any atom is 0.508 e. The Morgan fingerprint density at radius 3 is 1.51 bits per heavy atom. The molecule has 2 saturated carbocycles. The van der Waals surface area contributed by atoms with Crippen LogP contribution in [0, 0.1) is 35.5 Å². The number of esters is 2. The molecule has 2 aromatic heterocycles. The molecule has 2 aromatic rings. The molecule has 2 heterocycles. The third-order valence-corrected chi connectivity index (χ3v) is 12.8. The molecule has 0 aromatic carbocycles. The fourth-order valence-electron chi connectivity index (χ4n) is 10.7. The molecule has 4 amide bonds. The molecule has 18 nitrogen and oxygen atoms in total. The molecule has 0 aliphatic heterocycles. The first-order chi connectivity index (χ1) is 32.0. The van der Waals surface area contributed by atoms with Crippen molar-refractivity contribution in [2.45, 2.75) is 183 Å². The van der Waals surface area contributed by atoms with Crippen LogP contribution in [-0.4, -0.2) is 83.6 Å². The Bertz CT molecular complexity index is 1970. The molecule has 380 valence electrons. The van der Waals surface area contributed by atoms with E-state index in [4.69, 9.17) is 18.9 Å². The summed E-state index contributed by atoms with van der Waals surface area (Å²) in [5.74, 6) is -0.0355. The molecular weight excluding hydrogens is 875 g/mol. The van der Waals surface area contributed by atoms with Gasteiger partial charge in [0.1, 0.15) is 5.82 Å². The van der Waals surface area contributed by atoms with Gasteiger partial charge < -0.3 is 34.6 Å². The molecular formula is C50H79N7O11. The molecule has 0 bridgehead atoms. The summed E-state index contributed by atoms with van der Waals surface area (Å²) in [7, 11) is 0. The van der Waals surface area contributed by atoms with Gasteiger partial charge in [0, 0.05) is 54.5 Å². The quantitative estimate of drug-likeness (QED) is 0.0328. The lowest BCUT2D eigenvalue weighted by Crippen LogP contribution is -2.48. The van der Waals surface area contributed by atoms with Gasteiger partial charge in [-0.25, -0.2) is 19.4 Å². The first kappa shape index (κ1) is 55.2. The summed E-state index contributed by atoms with van der Waals surface area (Å²) in [5, 5.41) is 11.5. The minimum Gasteiger partial charge on any atom is -0.466 e. The molecule has 68 heavy (non-hydrogen) atoms. The van der Waals surface area contributed by atoms with Crippen molar-refractivity contribution in [3.05, 3.63) is 50.2 Å². The zero-order chi connectivity index (χ0) is 50.0. The highest BCUT2D eigenvalue weighted by Crippen LogP contribution is 2.49. The Labute approximate surface area is 401 Å². The van der Waals surface area contributed by atoms with Crippen molar-refractivity contribution < 1.29 is 42.9 Å². The third kappa shape index (κ3) is 21.3. The van der Waals surface area contributed by atoms with E-state index in [0.717, 1.165) is 57.8 Å². The number of anilines is 2. The number of aryl methyl sites for hydroxylation is 2. The fourth-order valence-corrected chi connectivity index (χ4v) is 10.7. The SMILES string of the molecule is Cc1cc(=O)[nH]c(NC(=O)NC2CC(C)(C)CC(C)(CCC(=O)OCCCCCCOC(=O)OCCCCCCOC(=O)CCC3(C)CC(NC(=O)Nc4cc(=O)cc(C)[nH]4)CC(C)(C)C3)C2)n1. The van der Waals surface area contributed by atoms with Crippen molar-refractivity contribution >= 4 is 41.9 Å². The van der Waals surface area contributed by atoms with Crippen LogP contribution in [-0.2, 0) is 28.5 Å². The highest BCUT2D eigenvalue weighted by Gasteiger charge is 2.43. The molecule has 6 N–H and O–H groups in total. The molecule has 2 aliphatic rings. The van der Waals surface area contributed by atoms with Crippen LogP contribution in [0.5, 0.6) is 0 Å². The molecule has 0 saturated heterocycles. The molecule has 2 aliphatic carbocycles. The van der Waals surface area contributed by atoms with Gasteiger partial charge in [-0.3, -0.25) is 34.8 Å². The standard InChI is InChI=1S/C50H79N7O11/c1-34-25-38(58)27-39(51-34)55-44(62)53-36-28-47(3,4)32-49(7,30-36)19-17-41(60)65-21-13-9-11-15-23-67-46(64)68-24-16-12-10-14-22-66-42(61)18-20-50(8)31-37(29-48(5,6)33-50)54-45(63)57-43-52-35(2)26-40(59)56-43/h25-27,36-37H,9-24,28-33H2,1-8H3,(H3,51,53,55,58,62)(H3,52,54,56,57,59,63). The zero-order valence-electron chi connectivity index (χ0n) is 41.9. The van der Waals surface area contributed by atoms with E-state index >= 15 is 0 Å². The monoisotopic (exact) mass is 954 g/mol. The number of H-pyrrole nitrogens is 2. The highest BCUT2D eigenvalue weighted by molar-refractivity contribution is 5.88. The fraction of sp³-hybridized carbons (Fsp3) is 0.720. The van der Waals surface area contributed by atoms with Gasteiger partial charge in [0.2, 0.25) is 5.95 Å². The predicted molar refractivity (Wildman–Crippen MR) is 259 cm³/mol. The number of rotatable bonds is 24. The van der Waals surface area contributed by atoms with Crippen molar-refractivity contribution in [3.63, 3.8) is 0 Å². The Morgan fingerprint density at radius 2 is 1.06 bits per heavy atom. The van der Waals surface area contributed by atoms with E-state index in [1.165, 1.54) is 18.2 Å². The van der Waals surface area contributed by atoms with Crippen molar-refractivity contribution in [2.75, 3.05) is 37.1 Å². The number of ether oxygens (including phenoxy) is 4. The minimum absolute atomic E-state index is 0.0339. The summed E-state index contributed by atoms with van der Waals surface area (Å²) >= 11 is 0. The number of nitrogens with one attached hydrogen (secondary N) is 6. The number of pyridine rings is 1. The lowest BCUT2D eigenvalue weighted by molar-refractivity contribution is -0.145. The van der Waals surface area contributed by atoms with Gasteiger partial charge in [-0.15, -0.1) is 0 Å². The number of aromatic nitrogens is 3. The molecule has 4 rings (SSSR count). The van der Waals surface area contributed by atoms with Crippen LogP contribution in [0.2, 0.25) is 0 Å². The molecule has 0 spiro atoms. The summed E-state index contributed by atoms with van der Waals surface area (Å²) in [4.78, 5) is 96.1. The first-order valence-electron chi connectivity index (χ1n) is 24.5. The summed E-state index contributed by atoms with van der Waals surface area (Å²) in [6, 6.07) is 3.15. The molecule has 4 atom stereocenters. The van der Waals surface area contributed by atoms with Crippen LogP contribution in [0.25, 0.3) is 0 Å². The number of nitrogens with zero attached hydrogens (tertiary/aromatic N) is 1. The Hall–Kier alpha value is -5.42. The molecule has 2 fully saturated rings. The van der Waals surface area contributed by atoms with Gasteiger partial charge in [-0.05, 0) is 138 Å². The van der Waals surface area contributed by atoms with E-state index in [0.29, 0.717) is 88.2 Å². The number of hydrogen-bond acceptors (Lipinski definition) is 12. The number of amides is 4. The lowest BCUT2D eigenvalue weighted by Gasteiger charge is -2.47. The van der Waals surface area contributed by atoms with Crippen LogP contribution < -0.4 is 32.3 Å². The second kappa shape index (κ2) is 25.8. The number of aromatic amines is 2. The normalized spacial score (nSPS) is 21.7. The smallest absolute Gasteiger partial charge is 0.466 e. The third-order valence-electron chi connectivity index (χ3n) is 12.8. The van der Waals surface area contributed by atoms with Gasteiger partial charge in [-0.1, -0.05) is 41.5 Å². The Morgan fingerprint density at radius 1 is 0.603 bits per heavy atom. The van der Waals surface area contributed by atoms with Gasteiger partial charge >= 0.3 is 30.2 Å². The van der Waals surface area contributed by atoms with E-state index in [2.05, 4.69) is 77.8 Å². The van der Waals surface area contributed by atoms with Gasteiger partial charge in [0.05, 0.1) is 26.4 Å². The summed E-state index contributed by atoms with van der Waals surface area (Å²) in [5.41, 5.74) is 0.219. The number of carbonyl (C=O) groups excluding carboxylic acids is 5. The summed E-state index contributed by atoms with van der Waals surface area (Å²) < 4.78 is 21.4. The average molecular weight is 954 g/mol. The van der Waals surface area contributed by atoms with E-state index in [9.17, 15) is 33.6 Å². The van der Waals surface area contributed by atoms with Crippen molar-refractivity contribution in [1.82, 2.24) is 25.6 Å². The number of urea groups is 2. The van der Waals surface area contributed by atoms with Crippen LogP contribution in [0.4, 0.5) is 26.1 Å². The predicted octanol–water partition coefficient (Wildman–Crippen LogP) is 9.11. The summed E-state index contributed by atoms with van der Waals surface area (Å²) in [6.07, 6.45) is 12.1. The van der Waals surface area contributed by atoms with Crippen LogP contribution in [0.1, 0.15) is 169 Å². The highest BCUT2D eigenvalue weighted by atomic mass is 16.7. The number of unbranched alkanes of at least 4 members (excludes halogenated alkanes) is 6. The number of hydrogen-bond donors (Lipinski definition) is 6. The average Bonchev–Trinajstić information content (AvgIpc) is 3.19. The van der Waals surface area contributed by atoms with Gasteiger partial charge in [0.15, 0.2) is 5.43 Å². The Balaban J connectivity index is 0.961. The molecule has 18 heteroatoms.